The molecule has 0 aromatic heterocycles. The van der Waals surface area contributed by atoms with E-state index in [1.165, 1.54) is 18.9 Å². The van der Waals surface area contributed by atoms with Gasteiger partial charge in [0.1, 0.15) is 0 Å². The van der Waals surface area contributed by atoms with Gasteiger partial charge in [-0.15, -0.1) is 0 Å². The Morgan fingerprint density at radius 3 is 2.03 bits per heavy atom. The van der Waals surface area contributed by atoms with Crippen LogP contribution in [0.1, 0.15) is 29.0 Å². The molecular weight excluding hydrogens is 394 g/mol. The molecule has 0 saturated carbocycles. The third kappa shape index (κ3) is 3.98. The van der Waals surface area contributed by atoms with Crippen molar-refractivity contribution < 1.29 is 14.3 Å². The van der Waals surface area contributed by atoms with E-state index < -0.39 is 0 Å². The van der Waals surface area contributed by atoms with Gasteiger partial charge in [0.05, 0.1) is 13.0 Å². The van der Waals surface area contributed by atoms with Crippen molar-refractivity contribution in [3.63, 3.8) is 0 Å². The third-order valence-corrected chi connectivity index (χ3v) is 6.39. The Morgan fingerprint density at radius 1 is 0.900 bits per heavy atom. The molecule has 4 rings (SSSR count). The van der Waals surface area contributed by atoms with Crippen molar-refractivity contribution in [1.82, 2.24) is 0 Å². The largest absolute Gasteiger partial charge is 0.469 e. The van der Waals surface area contributed by atoms with Gasteiger partial charge in [0, 0.05) is 29.7 Å². The molecule has 0 bridgehead atoms. The molecule has 0 atom stereocenters. The second-order valence-electron chi connectivity index (χ2n) is 7.25. The van der Waals surface area contributed by atoms with Gasteiger partial charge >= 0.3 is 5.97 Å². The summed E-state index contributed by atoms with van der Waals surface area (Å²) in [7, 11) is 3.44. The molecule has 0 amide bonds. The van der Waals surface area contributed by atoms with Crippen LogP contribution in [0.5, 0.6) is 0 Å². The number of para-hydroxylation sites is 2. The summed E-state index contributed by atoms with van der Waals surface area (Å²) in [6, 6.07) is 24.0. The predicted molar refractivity (Wildman–Crippen MR) is 120 cm³/mol. The van der Waals surface area contributed by atoms with Gasteiger partial charge in [0.2, 0.25) is 5.12 Å². The number of fused-ring (bicyclic) bond motifs is 2. The summed E-state index contributed by atoms with van der Waals surface area (Å²) in [6.07, 6.45) is 0.979. The number of rotatable bonds is 5. The number of ether oxygens (including phenoxy) is 1. The van der Waals surface area contributed by atoms with Crippen LogP contribution in [0.15, 0.2) is 77.7 Å². The van der Waals surface area contributed by atoms with Crippen LogP contribution in [0.25, 0.3) is 0 Å². The number of carbonyl (C=O) groups is 2. The molecule has 3 aromatic carbocycles. The molecular formula is C25H23NO3S. The van der Waals surface area contributed by atoms with Gasteiger partial charge in [-0.1, -0.05) is 60.3 Å². The first kappa shape index (κ1) is 20.2. The zero-order chi connectivity index (χ0) is 21.1. The first-order chi connectivity index (χ1) is 14.6. The van der Waals surface area contributed by atoms with E-state index in [-0.39, 0.29) is 17.0 Å². The smallest absolute Gasteiger partial charge is 0.305 e. The van der Waals surface area contributed by atoms with Gasteiger partial charge in [-0.25, -0.2) is 0 Å². The van der Waals surface area contributed by atoms with Crippen LogP contribution in [0.4, 0.5) is 11.4 Å². The summed E-state index contributed by atoms with van der Waals surface area (Å²) in [5, 5.41) is 0.102. The summed E-state index contributed by atoms with van der Waals surface area (Å²) in [5.41, 5.74) is 5.24. The molecule has 0 aliphatic carbocycles. The van der Waals surface area contributed by atoms with E-state index >= 15 is 0 Å². The minimum Gasteiger partial charge on any atom is -0.469 e. The number of carbonyl (C=O) groups excluding carboxylic acids is 2. The number of nitrogens with zero attached hydrogens (tertiary/aromatic N) is 1. The number of hydrogen-bond acceptors (Lipinski definition) is 5. The highest BCUT2D eigenvalue weighted by Gasteiger charge is 2.33. The molecule has 0 unspecified atom stereocenters. The number of aryl methyl sites for hydroxylation is 1. The average Bonchev–Trinajstić information content (AvgIpc) is 2.78. The van der Waals surface area contributed by atoms with E-state index in [1.807, 2.05) is 67.7 Å². The molecule has 152 valence electrons. The van der Waals surface area contributed by atoms with Crippen LogP contribution in [0.2, 0.25) is 0 Å². The van der Waals surface area contributed by atoms with Crippen LogP contribution in [-0.2, 0) is 20.7 Å². The number of methoxy groups -OCH3 is 1. The Bertz CT molecular complexity index is 1030. The normalized spacial score (nSPS) is 12.8. The van der Waals surface area contributed by atoms with Crippen LogP contribution < -0.4 is 4.90 Å². The lowest BCUT2D eigenvalue weighted by Crippen LogP contribution is -2.24. The quantitative estimate of drug-likeness (QED) is 0.415. The molecule has 3 aromatic rings. The number of thioether (sulfide) groups is 1. The minimum absolute atomic E-state index is 0.102. The van der Waals surface area contributed by atoms with E-state index in [2.05, 4.69) is 21.8 Å². The molecule has 0 N–H and O–H groups in total. The molecule has 5 heteroatoms. The van der Waals surface area contributed by atoms with E-state index in [9.17, 15) is 9.59 Å². The lowest BCUT2D eigenvalue weighted by molar-refractivity contribution is -0.140. The number of hydrogen-bond donors (Lipinski definition) is 0. The Balaban J connectivity index is 1.57. The molecule has 0 fully saturated rings. The van der Waals surface area contributed by atoms with Crippen molar-refractivity contribution >= 4 is 34.2 Å². The molecule has 1 aliphatic heterocycles. The summed E-state index contributed by atoms with van der Waals surface area (Å²) in [6.45, 7) is 0. The van der Waals surface area contributed by atoms with E-state index in [4.69, 9.17) is 0 Å². The van der Waals surface area contributed by atoms with Crippen molar-refractivity contribution in [3.05, 3.63) is 89.5 Å². The molecule has 30 heavy (non-hydrogen) atoms. The lowest BCUT2D eigenvalue weighted by atomic mass is 9.86. The maximum atomic E-state index is 13.4. The van der Waals surface area contributed by atoms with E-state index in [0.717, 1.165) is 33.0 Å². The van der Waals surface area contributed by atoms with Gasteiger partial charge in [-0.3, -0.25) is 9.59 Å². The number of esters is 1. The Labute approximate surface area is 180 Å². The number of benzene rings is 3. The standard InChI is InChI=1S/C25H23NO3S/c1-26-21-9-5-3-7-19(21)24(20-8-4-6-10-22(20)26)25(28)30-18-14-11-17(12-15-18)13-16-23(27)29-2/h3-12,14-15,24H,13,16H2,1-2H3. The molecule has 0 spiro atoms. The fourth-order valence-corrected chi connectivity index (χ4v) is 4.75. The zero-order valence-corrected chi connectivity index (χ0v) is 17.8. The van der Waals surface area contributed by atoms with Crippen molar-refractivity contribution in [1.29, 1.82) is 0 Å². The highest BCUT2D eigenvalue weighted by atomic mass is 32.2. The van der Waals surface area contributed by atoms with Gasteiger partial charge in [0.15, 0.2) is 0 Å². The zero-order valence-electron chi connectivity index (χ0n) is 17.0. The average molecular weight is 418 g/mol. The van der Waals surface area contributed by atoms with Gasteiger partial charge < -0.3 is 9.64 Å². The highest BCUT2D eigenvalue weighted by molar-refractivity contribution is 8.13. The van der Waals surface area contributed by atoms with E-state index in [1.54, 1.807) is 0 Å². The number of anilines is 2. The van der Waals surface area contributed by atoms with Gasteiger partial charge in [0.25, 0.3) is 0 Å². The van der Waals surface area contributed by atoms with Crippen molar-refractivity contribution in [3.8, 4) is 0 Å². The topological polar surface area (TPSA) is 46.6 Å². The summed E-state index contributed by atoms with van der Waals surface area (Å²) in [5.74, 6) is -0.527. The van der Waals surface area contributed by atoms with Gasteiger partial charge in [-0.05, 0) is 47.4 Å². The van der Waals surface area contributed by atoms with Gasteiger partial charge in [-0.2, -0.15) is 0 Å². The molecule has 4 nitrogen and oxygen atoms in total. The first-order valence-corrected chi connectivity index (χ1v) is 10.7. The highest BCUT2D eigenvalue weighted by Crippen LogP contribution is 2.46. The predicted octanol–water partition coefficient (Wildman–Crippen LogP) is 5.32. The van der Waals surface area contributed by atoms with E-state index in [0.29, 0.717) is 12.8 Å². The van der Waals surface area contributed by atoms with Crippen molar-refractivity contribution in [2.24, 2.45) is 0 Å². The van der Waals surface area contributed by atoms with Crippen LogP contribution in [0.3, 0.4) is 0 Å². The van der Waals surface area contributed by atoms with Crippen LogP contribution in [0, 0.1) is 0 Å². The maximum Gasteiger partial charge on any atom is 0.305 e. The fourth-order valence-electron chi connectivity index (χ4n) is 3.87. The minimum atomic E-state index is -0.308. The Kier molecular flexibility index (Phi) is 5.91. The second-order valence-corrected chi connectivity index (χ2v) is 8.33. The molecule has 0 radical (unpaired) electrons. The Morgan fingerprint density at radius 2 is 1.47 bits per heavy atom. The van der Waals surface area contributed by atoms with Crippen molar-refractivity contribution in [2.75, 3.05) is 19.1 Å². The molecule has 1 heterocycles. The Hall–Kier alpha value is -3.05. The summed E-state index contributed by atoms with van der Waals surface area (Å²) >= 11 is 1.27. The third-order valence-electron chi connectivity index (χ3n) is 5.44. The van der Waals surface area contributed by atoms with Crippen LogP contribution >= 0.6 is 11.8 Å². The second kappa shape index (κ2) is 8.76. The molecule has 1 aliphatic rings. The summed E-state index contributed by atoms with van der Waals surface area (Å²) in [4.78, 5) is 27.8. The summed E-state index contributed by atoms with van der Waals surface area (Å²) < 4.78 is 4.69. The monoisotopic (exact) mass is 417 g/mol. The molecule has 0 saturated heterocycles. The lowest BCUT2D eigenvalue weighted by Gasteiger charge is -2.34. The van der Waals surface area contributed by atoms with Crippen molar-refractivity contribution in [2.45, 2.75) is 23.7 Å². The fraction of sp³-hybridized carbons (Fsp3) is 0.200. The first-order valence-electron chi connectivity index (χ1n) is 9.87. The SMILES string of the molecule is COC(=O)CCc1ccc(SC(=O)C2c3ccccc3N(C)c3ccccc32)cc1. The van der Waals surface area contributed by atoms with Crippen LogP contribution in [-0.4, -0.2) is 25.2 Å². The maximum absolute atomic E-state index is 13.4.